The molecular formula is C17H24N4O3S. The molecular weight excluding hydrogens is 340 g/mol. The van der Waals surface area contributed by atoms with E-state index in [1.54, 1.807) is 18.4 Å². The Bertz CT molecular complexity index is 673. The molecule has 1 aliphatic heterocycles. The zero-order valence-corrected chi connectivity index (χ0v) is 15.4. The molecule has 0 radical (unpaired) electrons. The van der Waals surface area contributed by atoms with E-state index in [4.69, 9.17) is 9.26 Å². The number of amides is 1. The van der Waals surface area contributed by atoms with Crippen LogP contribution in [0.4, 0.5) is 0 Å². The molecule has 8 heteroatoms. The zero-order chi connectivity index (χ0) is 17.6. The van der Waals surface area contributed by atoms with Crippen LogP contribution in [-0.2, 0) is 16.1 Å². The normalized spacial score (nSPS) is 19.7. The zero-order valence-electron chi connectivity index (χ0n) is 14.6. The van der Waals surface area contributed by atoms with Gasteiger partial charge in [-0.05, 0) is 37.8 Å². The summed E-state index contributed by atoms with van der Waals surface area (Å²) in [4.78, 5) is 20.1. The van der Waals surface area contributed by atoms with Crippen LogP contribution in [0.5, 0.6) is 0 Å². The standard InChI is InChI=1S/C17H24N4O3S/c1-12(11-23-2)18-17(22)13-5-3-7-21(9-13)10-15-19-16(20-24-15)14-6-4-8-25-14/h4,6,8,12-13H,3,5,7,9-11H2,1-2H3,(H,18,22). The summed E-state index contributed by atoms with van der Waals surface area (Å²) >= 11 is 1.59. The fourth-order valence-electron chi connectivity index (χ4n) is 3.08. The number of piperidine rings is 1. The molecule has 2 unspecified atom stereocenters. The van der Waals surface area contributed by atoms with Crippen LogP contribution in [0.2, 0.25) is 0 Å². The quantitative estimate of drug-likeness (QED) is 0.811. The number of nitrogens with zero attached hydrogens (tertiary/aromatic N) is 3. The number of rotatable bonds is 7. The highest BCUT2D eigenvalue weighted by atomic mass is 32.1. The summed E-state index contributed by atoms with van der Waals surface area (Å²) in [6, 6.07) is 3.97. The van der Waals surface area contributed by atoms with Crippen LogP contribution in [0.1, 0.15) is 25.7 Å². The van der Waals surface area contributed by atoms with E-state index in [9.17, 15) is 4.79 Å². The van der Waals surface area contributed by atoms with E-state index in [1.807, 2.05) is 24.4 Å². The molecule has 2 aromatic heterocycles. The Kier molecular flexibility index (Phi) is 6.17. The minimum atomic E-state index is -0.00672. The van der Waals surface area contributed by atoms with Gasteiger partial charge in [-0.25, -0.2) is 0 Å². The number of thiophene rings is 1. The molecule has 3 rings (SSSR count). The molecule has 1 saturated heterocycles. The lowest BCUT2D eigenvalue weighted by Crippen LogP contribution is -2.46. The molecule has 2 aromatic rings. The Morgan fingerprint density at radius 2 is 2.48 bits per heavy atom. The molecule has 1 amide bonds. The molecule has 136 valence electrons. The number of nitrogens with one attached hydrogen (secondary N) is 1. The second kappa shape index (κ2) is 8.55. The van der Waals surface area contributed by atoms with E-state index < -0.39 is 0 Å². The van der Waals surface area contributed by atoms with Crippen molar-refractivity contribution in [1.29, 1.82) is 0 Å². The minimum absolute atomic E-state index is 0.00672. The summed E-state index contributed by atoms with van der Waals surface area (Å²) in [5.74, 6) is 1.31. The van der Waals surface area contributed by atoms with Crippen LogP contribution in [0.15, 0.2) is 22.0 Å². The Balaban J connectivity index is 1.54. The van der Waals surface area contributed by atoms with Gasteiger partial charge in [0.15, 0.2) is 0 Å². The summed E-state index contributed by atoms with van der Waals surface area (Å²) in [6.07, 6.45) is 1.90. The van der Waals surface area contributed by atoms with E-state index in [0.29, 0.717) is 31.4 Å². The second-order valence-electron chi connectivity index (χ2n) is 6.43. The molecule has 0 spiro atoms. The van der Waals surface area contributed by atoms with Gasteiger partial charge in [0, 0.05) is 19.7 Å². The first-order valence-electron chi connectivity index (χ1n) is 8.54. The molecule has 1 fully saturated rings. The van der Waals surface area contributed by atoms with Crippen molar-refractivity contribution < 1.29 is 14.1 Å². The van der Waals surface area contributed by atoms with Crippen molar-refractivity contribution in [3.8, 4) is 10.7 Å². The lowest BCUT2D eigenvalue weighted by atomic mass is 9.97. The van der Waals surface area contributed by atoms with Crippen LogP contribution < -0.4 is 5.32 Å². The van der Waals surface area contributed by atoms with Gasteiger partial charge in [0.05, 0.1) is 23.9 Å². The Labute approximate surface area is 151 Å². The molecule has 3 heterocycles. The second-order valence-corrected chi connectivity index (χ2v) is 7.38. The Morgan fingerprint density at radius 3 is 3.24 bits per heavy atom. The molecule has 1 aliphatic rings. The van der Waals surface area contributed by atoms with Crippen LogP contribution >= 0.6 is 11.3 Å². The summed E-state index contributed by atoms with van der Waals surface area (Å²) < 4.78 is 10.4. The number of methoxy groups -OCH3 is 1. The van der Waals surface area contributed by atoms with E-state index in [2.05, 4.69) is 20.4 Å². The number of likely N-dealkylation sites (tertiary alicyclic amines) is 1. The minimum Gasteiger partial charge on any atom is -0.383 e. The monoisotopic (exact) mass is 364 g/mol. The van der Waals surface area contributed by atoms with E-state index >= 15 is 0 Å². The van der Waals surface area contributed by atoms with E-state index in [1.165, 1.54) is 0 Å². The molecule has 0 aliphatic carbocycles. The molecule has 1 N–H and O–H groups in total. The summed E-state index contributed by atoms with van der Waals surface area (Å²) in [6.45, 7) is 4.70. The molecule has 2 atom stereocenters. The average molecular weight is 364 g/mol. The van der Waals surface area contributed by atoms with Crippen molar-refractivity contribution in [3.05, 3.63) is 23.4 Å². The topological polar surface area (TPSA) is 80.5 Å². The van der Waals surface area contributed by atoms with Gasteiger partial charge in [-0.3, -0.25) is 9.69 Å². The van der Waals surface area contributed by atoms with Gasteiger partial charge in [0.2, 0.25) is 17.6 Å². The van der Waals surface area contributed by atoms with Gasteiger partial charge in [0.1, 0.15) is 0 Å². The third-order valence-electron chi connectivity index (χ3n) is 4.25. The fourth-order valence-corrected chi connectivity index (χ4v) is 3.73. The number of aromatic nitrogens is 2. The average Bonchev–Trinajstić information content (AvgIpc) is 3.26. The largest absolute Gasteiger partial charge is 0.383 e. The highest BCUT2D eigenvalue weighted by molar-refractivity contribution is 7.13. The maximum Gasteiger partial charge on any atom is 0.241 e. The first-order chi connectivity index (χ1) is 12.2. The van der Waals surface area contributed by atoms with E-state index in [0.717, 1.165) is 24.3 Å². The van der Waals surface area contributed by atoms with Gasteiger partial charge in [-0.2, -0.15) is 4.98 Å². The number of hydrogen-bond acceptors (Lipinski definition) is 7. The molecule has 0 saturated carbocycles. The highest BCUT2D eigenvalue weighted by Gasteiger charge is 2.27. The summed E-state index contributed by atoms with van der Waals surface area (Å²) in [7, 11) is 1.64. The van der Waals surface area contributed by atoms with Crippen LogP contribution in [0, 0.1) is 5.92 Å². The maximum atomic E-state index is 12.4. The first-order valence-corrected chi connectivity index (χ1v) is 9.42. The molecule has 7 nitrogen and oxygen atoms in total. The van der Waals surface area contributed by atoms with Gasteiger partial charge in [-0.15, -0.1) is 11.3 Å². The fraction of sp³-hybridized carbons (Fsp3) is 0.588. The van der Waals surface area contributed by atoms with Crippen LogP contribution in [0.3, 0.4) is 0 Å². The van der Waals surface area contributed by atoms with Crippen molar-refractivity contribution in [2.45, 2.75) is 32.4 Å². The smallest absolute Gasteiger partial charge is 0.241 e. The van der Waals surface area contributed by atoms with E-state index in [-0.39, 0.29) is 17.9 Å². The molecule has 0 aromatic carbocycles. The number of hydrogen-bond donors (Lipinski definition) is 1. The van der Waals surface area contributed by atoms with Crippen molar-refractivity contribution >= 4 is 17.2 Å². The van der Waals surface area contributed by atoms with Gasteiger partial charge in [0.25, 0.3) is 0 Å². The van der Waals surface area contributed by atoms with Crippen molar-refractivity contribution in [1.82, 2.24) is 20.4 Å². The predicted octanol–water partition coefficient (Wildman–Crippen LogP) is 2.16. The van der Waals surface area contributed by atoms with Gasteiger partial charge >= 0.3 is 0 Å². The Hall–Kier alpha value is -1.77. The third-order valence-corrected chi connectivity index (χ3v) is 5.12. The number of carbonyl (C=O) groups excluding carboxylic acids is 1. The summed E-state index contributed by atoms with van der Waals surface area (Å²) in [5.41, 5.74) is 0. The third kappa shape index (κ3) is 4.87. The van der Waals surface area contributed by atoms with Crippen LogP contribution in [-0.4, -0.2) is 53.8 Å². The van der Waals surface area contributed by atoms with Crippen molar-refractivity contribution in [3.63, 3.8) is 0 Å². The number of carbonyl (C=O) groups is 1. The number of ether oxygens (including phenoxy) is 1. The Morgan fingerprint density at radius 1 is 1.60 bits per heavy atom. The predicted molar refractivity (Wildman–Crippen MR) is 95.1 cm³/mol. The van der Waals surface area contributed by atoms with Crippen molar-refractivity contribution in [2.75, 3.05) is 26.8 Å². The highest BCUT2D eigenvalue weighted by Crippen LogP contribution is 2.23. The first kappa shape index (κ1) is 18.0. The van der Waals surface area contributed by atoms with Gasteiger partial charge < -0.3 is 14.6 Å². The lowest BCUT2D eigenvalue weighted by molar-refractivity contribution is -0.127. The van der Waals surface area contributed by atoms with Crippen LogP contribution in [0.25, 0.3) is 10.7 Å². The SMILES string of the molecule is COCC(C)NC(=O)C1CCCN(Cc2nc(-c3cccs3)no2)C1. The van der Waals surface area contributed by atoms with Crippen molar-refractivity contribution in [2.24, 2.45) is 5.92 Å². The van der Waals surface area contributed by atoms with Gasteiger partial charge in [-0.1, -0.05) is 11.2 Å². The molecule has 0 bridgehead atoms. The molecule has 25 heavy (non-hydrogen) atoms. The lowest BCUT2D eigenvalue weighted by Gasteiger charge is -2.31. The summed E-state index contributed by atoms with van der Waals surface area (Å²) in [5, 5.41) is 9.05. The maximum absolute atomic E-state index is 12.4.